The van der Waals surface area contributed by atoms with Crippen molar-refractivity contribution < 1.29 is 9.53 Å². The number of likely N-dealkylation sites (tertiary alicyclic amines) is 1. The molecule has 2 aromatic rings. The molecule has 1 fully saturated rings. The number of hydrogen-bond acceptors (Lipinski definition) is 6. The van der Waals surface area contributed by atoms with Gasteiger partial charge < -0.3 is 20.3 Å². The fourth-order valence-electron chi connectivity index (χ4n) is 3.16. The number of carbonyl (C=O) groups excluding carboxylic acids is 1. The summed E-state index contributed by atoms with van der Waals surface area (Å²) in [6.45, 7) is 5.70. The molecule has 1 aromatic heterocycles. The van der Waals surface area contributed by atoms with Gasteiger partial charge in [-0.25, -0.2) is 9.78 Å². The Morgan fingerprint density at radius 3 is 2.70 bits per heavy atom. The maximum Gasteiger partial charge on any atom is 0.409 e. The lowest BCUT2D eigenvalue weighted by Crippen LogP contribution is -2.42. The minimum atomic E-state index is -0.228. The summed E-state index contributed by atoms with van der Waals surface area (Å²) in [4.78, 5) is 22.4. The Bertz CT molecular complexity index is 732. The maximum absolute atomic E-state index is 11.8. The van der Waals surface area contributed by atoms with E-state index in [1.165, 1.54) is 5.56 Å². The van der Waals surface area contributed by atoms with Crippen LogP contribution in [-0.2, 0) is 4.74 Å². The van der Waals surface area contributed by atoms with Crippen LogP contribution in [0.2, 0.25) is 0 Å². The summed E-state index contributed by atoms with van der Waals surface area (Å²) >= 11 is 0. The zero-order valence-corrected chi connectivity index (χ0v) is 15.9. The topological polar surface area (TPSA) is 79.4 Å². The van der Waals surface area contributed by atoms with Crippen molar-refractivity contribution in [2.24, 2.45) is 0 Å². The zero-order chi connectivity index (χ0) is 19.1. The van der Waals surface area contributed by atoms with E-state index in [2.05, 4.69) is 39.7 Å². The van der Waals surface area contributed by atoms with Crippen LogP contribution in [0.5, 0.6) is 0 Å². The molecule has 1 saturated heterocycles. The van der Waals surface area contributed by atoms with Gasteiger partial charge in [-0.15, -0.1) is 0 Å². The van der Waals surface area contributed by atoms with Crippen LogP contribution in [0.15, 0.2) is 42.6 Å². The molecular formula is C20H27N5O2. The van der Waals surface area contributed by atoms with Gasteiger partial charge in [0.15, 0.2) is 0 Å². The predicted octanol–water partition coefficient (Wildman–Crippen LogP) is 3.68. The van der Waals surface area contributed by atoms with Crippen LogP contribution in [0, 0.1) is 0 Å². The van der Waals surface area contributed by atoms with E-state index < -0.39 is 0 Å². The molecule has 1 atom stereocenters. The van der Waals surface area contributed by atoms with Crippen LogP contribution >= 0.6 is 0 Å². The van der Waals surface area contributed by atoms with Gasteiger partial charge in [0.2, 0.25) is 5.95 Å². The van der Waals surface area contributed by atoms with Crippen LogP contribution in [0.1, 0.15) is 38.3 Å². The summed E-state index contributed by atoms with van der Waals surface area (Å²) in [5, 5.41) is 6.80. The summed E-state index contributed by atoms with van der Waals surface area (Å²) in [5.74, 6) is 1.39. The molecule has 2 heterocycles. The van der Waals surface area contributed by atoms with Gasteiger partial charge >= 0.3 is 6.09 Å². The highest BCUT2D eigenvalue weighted by Crippen LogP contribution is 2.19. The summed E-state index contributed by atoms with van der Waals surface area (Å²) in [5.41, 5.74) is 1.21. The number of piperidine rings is 1. The van der Waals surface area contributed by atoms with Crippen LogP contribution < -0.4 is 10.6 Å². The first kappa shape index (κ1) is 18.9. The predicted molar refractivity (Wildman–Crippen MR) is 106 cm³/mol. The lowest BCUT2D eigenvalue weighted by atomic mass is 10.1. The third-order valence-corrected chi connectivity index (χ3v) is 4.67. The van der Waals surface area contributed by atoms with Crippen molar-refractivity contribution in [3.8, 4) is 0 Å². The second-order valence-corrected chi connectivity index (χ2v) is 6.65. The molecule has 27 heavy (non-hydrogen) atoms. The Hall–Kier alpha value is -2.83. The highest BCUT2D eigenvalue weighted by atomic mass is 16.6. The minimum Gasteiger partial charge on any atom is -0.450 e. The molecule has 1 aliphatic rings. The van der Waals surface area contributed by atoms with Gasteiger partial charge in [0.25, 0.3) is 0 Å². The largest absolute Gasteiger partial charge is 0.450 e. The number of hydrogen-bond donors (Lipinski definition) is 2. The smallest absolute Gasteiger partial charge is 0.409 e. The van der Waals surface area contributed by atoms with Crippen molar-refractivity contribution in [1.82, 2.24) is 14.9 Å². The third kappa shape index (κ3) is 5.32. The monoisotopic (exact) mass is 369 g/mol. The number of nitrogens with one attached hydrogen (secondary N) is 2. The molecule has 1 amide bonds. The first-order chi connectivity index (χ1) is 13.2. The average molecular weight is 369 g/mol. The highest BCUT2D eigenvalue weighted by Gasteiger charge is 2.24. The molecule has 2 N–H and O–H groups in total. The Morgan fingerprint density at radius 1 is 1.26 bits per heavy atom. The van der Waals surface area contributed by atoms with E-state index in [9.17, 15) is 4.79 Å². The lowest BCUT2D eigenvalue weighted by Gasteiger charge is -2.31. The molecule has 0 radical (unpaired) electrons. The summed E-state index contributed by atoms with van der Waals surface area (Å²) in [7, 11) is 0. The van der Waals surface area contributed by atoms with Crippen molar-refractivity contribution in [2.75, 3.05) is 30.3 Å². The van der Waals surface area contributed by atoms with Crippen molar-refractivity contribution in [3.63, 3.8) is 0 Å². The van der Waals surface area contributed by atoms with E-state index in [4.69, 9.17) is 4.74 Å². The quantitative estimate of drug-likeness (QED) is 0.809. The Kier molecular flexibility index (Phi) is 6.46. The Labute approximate surface area is 160 Å². The summed E-state index contributed by atoms with van der Waals surface area (Å²) in [6.07, 6.45) is 3.22. The Morgan fingerprint density at radius 2 is 2.00 bits per heavy atom. The van der Waals surface area contributed by atoms with Crippen LogP contribution in [0.3, 0.4) is 0 Å². The molecule has 0 bridgehead atoms. The number of anilines is 2. The number of nitrogens with zero attached hydrogens (tertiary/aromatic N) is 3. The Balaban J connectivity index is 1.53. The molecule has 144 valence electrons. The maximum atomic E-state index is 11.8. The molecule has 0 spiro atoms. The number of rotatable bonds is 6. The van der Waals surface area contributed by atoms with Crippen molar-refractivity contribution >= 4 is 17.9 Å². The minimum absolute atomic E-state index is 0.154. The van der Waals surface area contributed by atoms with E-state index in [0.717, 1.165) is 18.7 Å². The normalized spacial score (nSPS) is 15.9. The van der Waals surface area contributed by atoms with Gasteiger partial charge in [0.05, 0.1) is 6.61 Å². The molecule has 1 aliphatic heterocycles. The van der Waals surface area contributed by atoms with Gasteiger partial charge in [-0.2, -0.15) is 4.98 Å². The molecule has 3 rings (SSSR count). The van der Waals surface area contributed by atoms with E-state index in [1.807, 2.05) is 31.2 Å². The van der Waals surface area contributed by atoms with Crippen molar-refractivity contribution in [2.45, 2.75) is 38.8 Å². The number of ether oxygens (including phenoxy) is 1. The van der Waals surface area contributed by atoms with Crippen LogP contribution in [-0.4, -0.2) is 46.7 Å². The second kappa shape index (κ2) is 9.21. The molecule has 0 aliphatic carbocycles. The van der Waals surface area contributed by atoms with Crippen LogP contribution in [0.4, 0.5) is 16.6 Å². The van der Waals surface area contributed by atoms with Gasteiger partial charge in [0, 0.05) is 31.4 Å². The van der Waals surface area contributed by atoms with Gasteiger partial charge in [-0.1, -0.05) is 30.3 Å². The number of benzene rings is 1. The van der Waals surface area contributed by atoms with E-state index in [1.54, 1.807) is 11.1 Å². The zero-order valence-electron chi connectivity index (χ0n) is 15.9. The van der Waals surface area contributed by atoms with Gasteiger partial charge in [0.1, 0.15) is 5.82 Å². The number of aromatic nitrogens is 2. The molecule has 0 saturated carbocycles. The number of amides is 1. The standard InChI is InChI=1S/C20H27N5O2/c1-3-27-20(26)25-13-10-17(11-14-25)23-19-21-12-9-18(24-19)22-15(2)16-7-5-4-6-8-16/h4-9,12,15,17H,3,10-11,13-14H2,1-2H3,(H2,21,22,23,24). The molecule has 1 unspecified atom stereocenters. The SMILES string of the molecule is CCOC(=O)N1CCC(Nc2nccc(NC(C)c3ccccc3)n2)CC1. The third-order valence-electron chi connectivity index (χ3n) is 4.67. The highest BCUT2D eigenvalue weighted by molar-refractivity contribution is 5.67. The average Bonchev–Trinajstić information content (AvgIpc) is 2.70. The first-order valence-corrected chi connectivity index (χ1v) is 9.48. The van der Waals surface area contributed by atoms with Crippen LogP contribution in [0.25, 0.3) is 0 Å². The van der Waals surface area contributed by atoms with Gasteiger partial charge in [-0.05, 0) is 38.3 Å². The van der Waals surface area contributed by atoms with E-state index in [0.29, 0.717) is 25.6 Å². The molecule has 7 nitrogen and oxygen atoms in total. The van der Waals surface area contributed by atoms with Gasteiger partial charge in [-0.3, -0.25) is 0 Å². The molecule has 1 aromatic carbocycles. The van der Waals surface area contributed by atoms with E-state index >= 15 is 0 Å². The second-order valence-electron chi connectivity index (χ2n) is 6.65. The number of carbonyl (C=O) groups is 1. The first-order valence-electron chi connectivity index (χ1n) is 9.48. The molecule has 7 heteroatoms. The fourth-order valence-corrected chi connectivity index (χ4v) is 3.16. The molecular weight excluding hydrogens is 342 g/mol. The van der Waals surface area contributed by atoms with E-state index in [-0.39, 0.29) is 18.2 Å². The fraction of sp³-hybridized carbons (Fsp3) is 0.450. The lowest BCUT2D eigenvalue weighted by molar-refractivity contribution is 0.0983. The summed E-state index contributed by atoms with van der Waals surface area (Å²) < 4.78 is 5.06. The van der Waals surface area contributed by atoms with Crippen molar-refractivity contribution in [1.29, 1.82) is 0 Å². The van der Waals surface area contributed by atoms with Crippen molar-refractivity contribution in [3.05, 3.63) is 48.2 Å². The summed E-state index contributed by atoms with van der Waals surface area (Å²) in [6, 6.07) is 12.5.